The lowest BCUT2D eigenvalue weighted by Gasteiger charge is -2.19. The highest BCUT2D eigenvalue weighted by Gasteiger charge is 2.41. The van der Waals surface area contributed by atoms with Gasteiger partial charge in [0.2, 0.25) is 5.91 Å². The van der Waals surface area contributed by atoms with Crippen LogP contribution in [0.25, 0.3) is 0 Å². The average molecular weight is 432 g/mol. The Morgan fingerprint density at radius 3 is 2.42 bits per heavy atom. The van der Waals surface area contributed by atoms with Crippen molar-refractivity contribution in [3.63, 3.8) is 0 Å². The van der Waals surface area contributed by atoms with E-state index in [1.54, 1.807) is 41.3 Å². The fourth-order valence-corrected chi connectivity index (χ4v) is 3.90. The summed E-state index contributed by atoms with van der Waals surface area (Å²) in [5, 5.41) is 2.90. The molecule has 0 aliphatic carbocycles. The molecule has 1 saturated heterocycles. The van der Waals surface area contributed by atoms with Crippen molar-refractivity contribution in [1.82, 2.24) is 10.2 Å². The van der Waals surface area contributed by atoms with Crippen molar-refractivity contribution in [1.29, 1.82) is 0 Å². The highest BCUT2D eigenvalue weighted by Crippen LogP contribution is 2.37. The van der Waals surface area contributed by atoms with Gasteiger partial charge >= 0.3 is 6.18 Å². The zero-order valence-corrected chi connectivity index (χ0v) is 17.7. The Labute approximate surface area is 180 Å². The third-order valence-electron chi connectivity index (χ3n) is 5.63. The van der Waals surface area contributed by atoms with Gasteiger partial charge in [0.15, 0.2) is 0 Å². The third kappa shape index (κ3) is 5.66. The van der Waals surface area contributed by atoms with Crippen LogP contribution >= 0.6 is 0 Å². The van der Waals surface area contributed by atoms with Gasteiger partial charge in [0.1, 0.15) is 0 Å². The van der Waals surface area contributed by atoms with E-state index in [1.807, 2.05) is 13.8 Å². The van der Waals surface area contributed by atoms with Crippen LogP contribution in [0.4, 0.5) is 13.2 Å². The number of nitrogens with zero attached hydrogens (tertiary/aromatic N) is 1. The molecular weight excluding hydrogens is 405 g/mol. The van der Waals surface area contributed by atoms with Crippen LogP contribution in [-0.4, -0.2) is 36.3 Å². The van der Waals surface area contributed by atoms with Crippen LogP contribution in [0.15, 0.2) is 54.6 Å². The third-order valence-corrected chi connectivity index (χ3v) is 5.63. The lowest BCUT2D eigenvalue weighted by Crippen LogP contribution is -2.36. The second-order valence-electron chi connectivity index (χ2n) is 8.39. The van der Waals surface area contributed by atoms with E-state index in [0.717, 1.165) is 18.6 Å². The van der Waals surface area contributed by atoms with Crippen LogP contribution in [-0.2, 0) is 11.0 Å². The number of benzene rings is 2. The number of amides is 2. The van der Waals surface area contributed by atoms with E-state index in [4.69, 9.17) is 0 Å². The Balaban J connectivity index is 1.86. The maximum atomic E-state index is 13.2. The van der Waals surface area contributed by atoms with E-state index in [1.165, 1.54) is 6.07 Å². The number of carbonyl (C=O) groups excluding carboxylic acids is 2. The minimum Gasteiger partial charge on any atom is -0.356 e. The van der Waals surface area contributed by atoms with Crippen LogP contribution in [0.5, 0.6) is 0 Å². The van der Waals surface area contributed by atoms with Crippen molar-refractivity contribution in [2.75, 3.05) is 19.6 Å². The summed E-state index contributed by atoms with van der Waals surface area (Å²) in [4.78, 5) is 27.4. The molecule has 1 N–H and O–H groups in total. The number of alkyl halides is 3. The average Bonchev–Trinajstić information content (AvgIpc) is 3.18. The van der Waals surface area contributed by atoms with Gasteiger partial charge in [0.25, 0.3) is 5.91 Å². The standard InChI is InChI=1S/C24H27F3N2O2/c1-16(2)11-12-28-22(30)21-15-29(23(31)17-7-4-3-5-8-17)14-20(21)18-9-6-10-19(13-18)24(25,26)27/h3-10,13,16,20-21H,11-12,14-15H2,1-2H3,(H,28,30)/t20-,21+/m1/s1. The highest BCUT2D eigenvalue weighted by atomic mass is 19.4. The first-order valence-corrected chi connectivity index (χ1v) is 10.5. The summed E-state index contributed by atoms with van der Waals surface area (Å²) in [6.45, 7) is 4.95. The molecule has 1 aliphatic heterocycles. The Morgan fingerprint density at radius 2 is 1.77 bits per heavy atom. The maximum Gasteiger partial charge on any atom is 0.416 e. The molecule has 2 aromatic rings. The Bertz CT molecular complexity index is 913. The summed E-state index contributed by atoms with van der Waals surface area (Å²) in [6.07, 6.45) is -3.66. The second kappa shape index (κ2) is 9.54. The number of hydrogen-bond acceptors (Lipinski definition) is 2. The van der Waals surface area contributed by atoms with E-state index in [2.05, 4.69) is 5.32 Å². The number of rotatable bonds is 6. The van der Waals surface area contributed by atoms with Crippen LogP contribution in [0, 0.1) is 11.8 Å². The van der Waals surface area contributed by atoms with Crippen molar-refractivity contribution in [3.05, 3.63) is 71.3 Å². The molecular formula is C24H27F3N2O2. The van der Waals surface area contributed by atoms with E-state index < -0.39 is 23.6 Å². The molecule has 0 radical (unpaired) electrons. The number of nitrogens with one attached hydrogen (secondary N) is 1. The predicted molar refractivity (Wildman–Crippen MR) is 112 cm³/mol. The van der Waals surface area contributed by atoms with Crippen molar-refractivity contribution in [2.24, 2.45) is 11.8 Å². The van der Waals surface area contributed by atoms with Gasteiger partial charge in [-0.05, 0) is 36.1 Å². The van der Waals surface area contributed by atoms with Gasteiger partial charge < -0.3 is 10.2 Å². The lowest BCUT2D eigenvalue weighted by atomic mass is 9.87. The van der Waals surface area contributed by atoms with Gasteiger partial charge in [-0.2, -0.15) is 13.2 Å². The fraction of sp³-hybridized carbons (Fsp3) is 0.417. The molecule has 2 atom stereocenters. The van der Waals surface area contributed by atoms with Gasteiger partial charge in [0.05, 0.1) is 11.5 Å². The molecule has 1 fully saturated rings. The van der Waals surface area contributed by atoms with Gasteiger partial charge in [0, 0.05) is 31.1 Å². The smallest absolute Gasteiger partial charge is 0.356 e. The molecule has 0 bridgehead atoms. The molecule has 2 amide bonds. The Hall–Kier alpha value is -2.83. The fourth-order valence-electron chi connectivity index (χ4n) is 3.90. The van der Waals surface area contributed by atoms with Crippen molar-refractivity contribution in [3.8, 4) is 0 Å². The molecule has 3 rings (SSSR count). The van der Waals surface area contributed by atoms with Gasteiger partial charge in [-0.1, -0.05) is 50.2 Å². The van der Waals surface area contributed by atoms with Gasteiger partial charge in [-0.3, -0.25) is 9.59 Å². The van der Waals surface area contributed by atoms with Crippen LogP contribution in [0.3, 0.4) is 0 Å². The topological polar surface area (TPSA) is 49.4 Å². The SMILES string of the molecule is CC(C)CCNC(=O)[C@H]1CN(C(=O)c2ccccc2)C[C@@H]1c1cccc(C(F)(F)F)c1. The van der Waals surface area contributed by atoms with E-state index in [9.17, 15) is 22.8 Å². The summed E-state index contributed by atoms with van der Waals surface area (Å²) in [5.41, 5.74) is 0.158. The Kier molecular flexibility index (Phi) is 7.03. The van der Waals surface area contributed by atoms with Gasteiger partial charge in [-0.15, -0.1) is 0 Å². The quantitative estimate of drug-likeness (QED) is 0.718. The summed E-state index contributed by atoms with van der Waals surface area (Å²) in [6, 6.07) is 13.8. The molecule has 4 nitrogen and oxygen atoms in total. The number of hydrogen-bond donors (Lipinski definition) is 1. The first-order chi connectivity index (χ1) is 14.7. The summed E-state index contributed by atoms with van der Waals surface area (Å²) >= 11 is 0. The predicted octanol–water partition coefficient (Wildman–Crippen LogP) is 4.72. The summed E-state index contributed by atoms with van der Waals surface area (Å²) in [5.74, 6) is -1.15. The zero-order chi connectivity index (χ0) is 22.6. The molecule has 0 aromatic heterocycles. The number of carbonyl (C=O) groups is 2. The zero-order valence-electron chi connectivity index (χ0n) is 17.7. The summed E-state index contributed by atoms with van der Waals surface area (Å²) in [7, 11) is 0. The van der Waals surface area contributed by atoms with E-state index in [-0.39, 0.29) is 24.9 Å². The number of likely N-dealkylation sites (tertiary alicyclic amines) is 1. The molecule has 0 saturated carbocycles. The molecule has 31 heavy (non-hydrogen) atoms. The molecule has 1 aliphatic rings. The van der Waals surface area contributed by atoms with Crippen molar-refractivity contribution >= 4 is 11.8 Å². The van der Waals surface area contributed by atoms with Crippen LogP contribution < -0.4 is 5.32 Å². The first-order valence-electron chi connectivity index (χ1n) is 10.5. The largest absolute Gasteiger partial charge is 0.416 e. The van der Waals surface area contributed by atoms with Crippen molar-refractivity contribution in [2.45, 2.75) is 32.4 Å². The van der Waals surface area contributed by atoms with E-state index in [0.29, 0.717) is 23.6 Å². The van der Waals surface area contributed by atoms with Crippen LogP contribution in [0.1, 0.15) is 47.7 Å². The van der Waals surface area contributed by atoms with E-state index >= 15 is 0 Å². The van der Waals surface area contributed by atoms with Crippen LogP contribution in [0.2, 0.25) is 0 Å². The van der Waals surface area contributed by atoms with Gasteiger partial charge in [-0.25, -0.2) is 0 Å². The normalized spacial score (nSPS) is 19.0. The summed E-state index contributed by atoms with van der Waals surface area (Å²) < 4.78 is 39.7. The molecule has 0 unspecified atom stereocenters. The monoisotopic (exact) mass is 432 g/mol. The molecule has 1 heterocycles. The van der Waals surface area contributed by atoms with Crippen molar-refractivity contribution < 1.29 is 22.8 Å². The first kappa shape index (κ1) is 22.8. The molecule has 7 heteroatoms. The molecule has 2 aromatic carbocycles. The Morgan fingerprint density at radius 1 is 1.06 bits per heavy atom. The minimum atomic E-state index is -4.47. The maximum absolute atomic E-state index is 13.2. The number of halogens is 3. The molecule has 0 spiro atoms. The minimum absolute atomic E-state index is 0.169. The highest BCUT2D eigenvalue weighted by molar-refractivity contribution is 5.95. The second-order valence-corrected chi connectivity index (χ2v) is 8.39. The lowest BCUT2D eigenvalue weighted by molar-refractivity contribution is -0.137. The molecule has 166 valence electrons.